The van der Waals surface area contributed by atoms with Gasteiger partial charge in [0.1, 0.15) is 6.17 Å². The van der Waals surface area contributed by atoms with Crippen LogP contribution >= 0.6 is 15.9 Å². The molecular weight excluding hydrogens is 183 g/mol. The lowest BCUT2D eigenvalue weighted by Gasteiger charge is -2.16. The van der Waals surface area contributed by atoms with E-state index in [1.165, 1.54) is 0 Å². The molecule has 0 fully saturated rings. The van der Waals surface area contributed by atoms with E-state index in [1.807, 2.05) is 20.8 Å². The highest BCUT2D eigenvalue weighted by Gasteiger charge is 2.18. The van der Waals surface area contributed by atoms with Crippen LogP contribution in [0.5, 0.6) is 0 Å². The molecule has 0 rings (SSSR count). The Morgan fingerprint density at radius 1 is 1.44 bits per heavy atom. The summed E-state index contributed by atoms with van der Waals surface area (Å²) >= 11 is 3.21. The fourth-order valence-corrected chi connectivity index (χ4v) is 1.20. The van der Waals surface area contributed by atoms with Gasteiger partial charge in [-0.1, -0.05) is 36.2 Å². The minimum absolute atomic E-state index is 0.00699. The normalized spacial score (nSPS) is 21.0. The van der Waals surface area contributed by atoms with Crippen LogP contribution in [0, 0.1) is 5.92 Å². The van der Waals surface area contributed by atoms with E-state index in [0.717, 1.165) is 6.42 Å². The van der Waals surface area contributed by atoms with Gasteiger partial charge in [0.25, 0.3) is 0 Å². The number of hydrogen-bond acceptors (Lipinski definition) is 0. The van der Waals surface area contributed by atoms with Crippen LogP contribution in [0.1, 0.15) is 27.2 Å². The van der Waals surface area contributed by atoms with Crippen molar-refractivity contribution in [3.63, 3.8) is 0 Å². The fraction of sp³-hybridized carbons (Fsp3) is 1.00. The van der Waals surface area contributed by atoms with E-state index >= 15 is 0 Å². The highest BCUT2D eigenvalue weighted by Crippen LogP contribution is 2.19. The molecule has 0 amide bonds. The van der Waals surface area contributed by atoms with Gasteiger partial charge in [-0.15, -0.1) is 0 Å². The van der Waals surface area contributed by atoms with E-state index in [-0.39, 0.29) is 10.7 Å². The Morgan fingerprint density at radius 2 is 1.89 bits per heavy atom. The summed E-state index contributed by atoms with van der Waals surface area (Å²) < 4.78 is 12.9. The smallest absolute Gasteiger partial charge is 0.115 e. The molecule has 0 N–H and O–H groups in total. The van der Waals surface area contributed by atoms with Crippen LogP contribution in [-0.2, 0) is 0 Å². The molecule has 2 unspecified atom stereocenters. The second kappa shape index (κ2) is 4.26. The largest absolute Gasteiger partial charge is 0.246 e. The Kier molecular flexibility index (Phi) is 4.46. The molecule has 0 aliphatic carbocycles. The van der Waals surface area contributed by atoms with Gasteiger partial charge in [-0.05, 0) is 12.8 Å². The van der Waals surface area contributed by atoms with E-state index in [4.69, 9.17) is 0 Å². The first-order valence-electron chi connectivity index (χ1n) is 3.37. The molecule has 2 heteroatoms. The molecule has 0 nitrogen and oxygen atoms in total. The lowest BCUT2D eigenvalue weighted by molar-refractivity contribution is 0.238. The summed E-state index contributed by atoms with van der Waals surface area (Å²) in [4.78, 5) is -0.00699. The van der Waals surface area contributed by atoms with E-state index < -0.39 is 6.17 Å². The van der Waals surface area contributed by atoms with Gasteiger partial charge >= 0.3 is 0 Å². The van der Waals surface area contributed by atoms with Crippen LogP contribution in [-0.4, -0.2) is 11.0 Å². The maximum atomic E-state index is 12.9. The highest BCUT2D eigenvalue weighted by atomic mass is 79.9. The topological polar surface area (TPSA) is 0 Å². The molecule has 0 heterocycles. The third-order valence-corrected chi connectivity index (χ3v) is 2.13. The van der Waals surface area contributed by atoms with E-state index in [9.17, 15) is 4.39 Å². The van der Waals surface area contributed by atoms with Gasteiger partial charge in [-0.2, -0.15) is 0 Å². The summed E-state index contributed by atoms with van der Waals surface area (Å²) in [6.45, 7) is 5.78. The standard InChI is InChI=1S/C7H14BrF/c1-4-5(2)7(9)6(3)8/h5-7H,4H2,1-3H3/t5?,6?,7-/m0/s1. The summed E-state index contributed by atoms with van der Waals surface area (Å²) in [6, 6.07) is 0. The van der Waals surface area contributed by atoms with E-state index in [0.29, 0.717) is 0 Å². The molecule has 0 aromatic rings. The Hall–Kier alpha value is 0.410. The second-order valence-electron chi connectivity index (χ2n) is 2.51. The second-order valence-corrected chi connectivity index (χ2v) is 3.95. The molecule has 0 aromatic heterocycles. The molecule has 56 valence electrons. The van der Waals surface area contributed by atoms with Gasteiger partial charge in [0, 0.05) is 4.83 Å². The first-order valence-corrected chi connectivity index (χ1v) is 4.29. The SMILES string of the molecule is CCC(C)[C@H](F)C(C)Br. The molecule has 0 aliphatic heterocycles. The first-order chi connectivity index (χ1) is 4.09. The Labute approximate surface area is 65.0 Å². The minimum Gasteiger partial charge on any atom is -0.246 e. The van der Waals surface area contributed by atoms with Crippen LogP contribution in [0.3, 0.4) is 0 Å². The molecule has 0 radical (unpaired) electrons. The van der Waals surface area contributed by atoms with Crippen LogP contribution in [0.25, 0.3) is 0 Å². The van der Waals surface area contributed by atoms with Gasteiger partial charge in [0.2, 0.25) is 0 Å². The van der Waals surface area contributed by atoms with E-state index in [2.05, 4.69) is 15.9 Å². The van der Waals surface area contributed by atoms with Crippen molar-refractivity contribution in [3.8, 4) is 0 Å². The predicted octanol–water partition coefficient (Wildman–Crippen LogP) is 3.15. The molecule has 9 heavy (non-hydrogen) atoms. The summed E-state index contributed by atoms with van der Waals surface area (Å²) in [5, 5.41) is 0. The average molecular weight is 197 g/mol. The van der Waals surface area contributed by atoms with Crippen molar-refractivity contribution in [1.82, 2.24) is 0 Å². The van der Waals surface area contributed by atoms with Crippen molar-refractivity contribution in [2.45, 2.75) is 38.2 Å². The van der Waals surface area contributed by atoms with Gasteiger partial charge in [0.05, 0.1) is 0 Å². The van der Waals surface area contributed by atoms with Gasteiger partial charge in [-0.25, -0.2) is 4.39 Å². The number of rotatable bonds is 3. The molecule has 0 saturated carbocycles. The van der Waals surface area contributed by atoms with Crippen molar-refractivity contribution >= 4 is 15.9 Å². The Morgan fingerprint density at radius 3 is 2.00 bits per heavy atom. The van der Waals surface area contributed by atoms with Crippen molar-refractivity contribution in [2.24, 2.45) is 5.92 Å². The minimum atomic E-state index is -0.699. The maximum absolute atomic E-state index is 12.9. The van der Waals surface area contributed by atoms with Gasteiger partial charge in [-0.3, -0.25) is 0 Å². The quantitative estimate of drug-likeness (QED) is 0.609. The molecular formula is C7H14BrF. The van der Waals surface area contributed by atoms with Gasteiger partial charge in [0.15, 0.2) is 0 Å². The van der Waals surface area contributed by atoms with Crippen LogP contribution < -0.4 is 0 Å². The molecule has 0 bridgehead atoms. The monoisotopic (exact) mass is 196 g/mol. The summed E-state index contributed by atoms with van der Waals surface area (Å²) in [5.74, 6) is 0.180. The Balaban J connectivity index is 3.58. The maximum Gasteiger partial charge on any atom is 0.115 e. The predicted molar refractivity (Wildman–Crippen MR) is 42.7 cm³/mol. The third kappa shape index (κ3) is 3.19. The zero-order valence-electron chi connectivity index (χ0n) is 6.20. The summed E-state index contributed by atoms with van der Waals surface area (Å²) in [7, 11) is 0. The number of alkyl halides is 2. The van der Waals surface area contributed by atoms with Crippen molar-refractivity contribution in [1.29, 1.82) is 0 Å². The highest BCUT2D eigenvalue weighted by molar-refractivity contribution is 9.09. The summed E-state index contributed by atoms with van der Waals surface area (Å²) in [5.41, 5.74) is 0. The number of halogens is 2. The van der Waals surface area contributed by atoms with Crippen molar-refractivity contribution in [2.75, 3.05) is 0 Å². The van der Waals surface area contributed by atoms with E-state index in [1.54, 1.807) is 0 Å². The molecule has 0 spiro atoms. The zero-order valence-corrected chi connectivity index (χ0v) is 7.78. The first kappa shape index (κ1) is 9.41. The number of hydrogen-bond donors (Lipinski definition) is 0. The van der Waals surface area contributed by atoms with Crippen molar-refractivity contribution < 1.29 is 4.39 Å². The molecule has 0 saturated heterocycles. The third-order valence-electron chi connectivity index (χ3n) is 1.63. The molecule has 0 aliphatic rings. The summed E-state index contributed by atoms with van der Waals surface area (Å²) in [6.07, 6.45) is 0.215. The molecule has 3 atom stereocenters. The Bertz CT molecular complexity index is 73.3. The van der Waals surface area contributed by atoms with Crippen LogP contribution in [0.4, 0.5) is 4.39 Å². The van der Waals surface area contributed by atoms with Crippen LogP contribution in [0.15, 0.2) is 0 Å². The molecule has 0 aromatic carbocycles. The zero-order chi connectivity index (χ0) is 7.44. The van der Waals surface area contributed by atoms with Crippen LogP contribution in [0.2, 0.25) is 0 Å². The van der Waals surface area contributed by atoms with Gasteiger partial charge < -0.3 is 0 Å². The lowest BCUT2D eigenvalue weighted by atomic mass is 10.0. The fourth-order valence-electron chi connectivity index (χ4n) is 0.678. The van der Waals surface area contributed by atoms with Crippen molar-refractivity contribution in [3.05, 3.63) is 0 Å². The lowest BCUT2D eigenvalue weighted by Crippen LogP contribution is -2.20. The average Bonchev–Trinajstić information content (AvgIpc) is 1.84.